The van der Waals surface area contributed by atoms with E-state index in [9.17, 15) is 4.79 Å². The predicted molar refractivity (Wildman–Crippen MR) is 58.7 cm³/mol. The molecule has 8 heteroatoms. The number of nitrogens with one attached hydrogen (secondary N) is 2. The van der Waals surface area contributed by atoms with Gasteiger partial charge in [-0.1, -0.05) is 0 Å². The molecule has 0 bridgehead atoms. The first-order valence-electron chi connectivity index (χ1n) is 4.56. The summed E-state index contributed by atoms with van der Waals surface area (Å²) in [6.07, 6.45) is 1.53. The molecule has 0 fully saturated rings. The van der Waals surface area contributed by atoms with Gasteiger partial charge in [0.25, 0.3) is 0 Å². The number of H-pyrrole nitrogens is 1. The molecule has 0 saturated carbocycles. The van der Waals surface area contributed by atoms with Crippen LogP contribution in [0.5, 0.6) is 0 Å². The lowest BCUT2D eigenvalue weighted by Crippen LogP contribution is -2.15. The minimum absolute atomic E-state index is 0.189. The van der Waals surface area contributed by atoms with Crippen molar-refractivity contribution in [3.63, 3.8) is 0 Å². The molecule has 1 amide bonds. The van der Waals surface area contributed by atoms with Crippen LogP contribution in [0.4, 0.5) is 5.95 Å². The highest BCUT2D eigenvalue weighted by atomic mass is 32.1. The maximum absolute atomic E-state index is 11.5. The zero-order valence-electron chi connectivity index (χ0n) is 8.30. The number of nitrogens with two attached hydrogens (primary N) is 1. The maximum atomic E-state index is 11.5. The van der Waals surface area contributed by atoms with Gasteiger partial charge in [0.1, 0.15) is 11.3 Å². The van der Waals surface area contributed by atoms with Gasteiger partial charge < -0.3 is 5.73 Å². The lowest BCUT2D eigenvalue weighted by Gasteiger charge is -1.98. The molecular weight excluding hydrogens is 228 g/mol. The second-order valence-corrected chi connectivity index (χ2v) is 3.94. The molecule has 0 radical (unpaired) electrons. The van der Waals surface area contributed by atoms with Gasteiger partial charge >= 0.3 is 0 Å². The Labute approximate surface area is 95.1 Å². The van der Waals surface area contributed by atoms with Gasteiger partial charge in [0, 0.05) is 11.9 Å². The second-order valence-electron chi connectivity index (χ2n) is 3.00. The molecular formula is C8H10N6OS. The van der Waals surface area contributed by atoms with Crippen LogP contribution in [0, 0.1) is 0 Å². The molecule has 0 aliphatic heterocycles. The molecule has 7 nitrogen and oxygen atoms in total. The smallest absolute Gasteiger partial charge is 0.232 e. The van der Waals surface area contributed by atoms with Crippen molar-refractivity contribution in [3.8, 4) is 0 Å². The molecule has 2 aromatic rings. The standard InChI is InChI=1S/C8H10N6OS/c9-2-7-12-5(3-16-7)1-6(15)13-8-10-4-11-14-8/h3-4H,1-2,9H2,(H2,10,11,13,14,15). The topological polar surface area (TPSA) is 110 Å². The molecule has 0 aromatic carbocycles. The fourth-order valence-corrected chi connectivity index (χ4v) is 1.80. The monoisotopic (exact) mass is 238 g/mol. The fraction of sp³-hybridized carbons (Fsp3) is 0.250. The predicted octanol–water partition coefficient (Wildman–Crippen LogP) is -0.0989. The number of carbonyl (C=O) groups is 1. The Bertz CT molecular complexity index is 465. The average Bonchev–Trinajstić information content (AvgIpc) is 2.89. The third-order valence-corrected chi connectivity index (χ3v) is 2.71. The van der Waals surface area contributed by atoms with Crippen molar-refractivity contribution in [1.29, 1.82) is 0 Å². The van der Waals surface area contributed by atoms with Crippen molar-refractivity contribution in [2.24, 2.45) is 5.73 Å². The third kappa shape index (κ3) is 2.61. The van der Waals surface area contributed by atoms with Gasteiger partial charge in [0.15, 0.2) is 0 Å². The first-order chi connectivity index (χ1) is 7.78. The van der Waals surface area contributed by atoms with E-state index in [1.165, 1.54) is 17.7 Å². The number of aromatic amines is 1. The Balaban J connectivity index is 1.92. The molecule has 2 aromatic heterocycles. The minimum atomic E-state index is -0.189. The van der Waals surface area contributed by atoms with Gasteiger partial charge in [-0.2, -0.15) is 10.1 Å². The van der Waals surface area contributed by atoms with Crippen LogP contribution in [0.1, 0.15) is 10.7 Å². The van der Waals surface area contributed by atoms with Crippen LogP contribution >= 0.6 is 11.3 Å². The van der Waals surface area contributed by atoms with E-state index in [2.05, 4.69) is 25.5 Å². The molecule has 4 N–H and O–H groups in total. The number of aromatic nitrogens is 4. The highest BCUT2D eigenvalue weighted by Gasteiger charge is 2.08. The summed E-state index contributed by atoms with van der Waals surface area (Å²) in [5, 5.41) is 11.4. The molecule has 0 unspecified atom stereocenters. The average molecular weight is 238 g/mol. The largest absolute Gasteiger partial charge is 0.325 e. The number of carbonyl (C=O) groups excluding carboxylic acids is 1. The van der Waals surface area contributed by atoms with Gasteiger partial charge in [0.2, 0.25) is 11.9 Å². The van der Waals surface area contributed by atoms with Crippen molar-refractivity contribution in [2.75, 3.05) is 5.32 Å². The molecule has 2 heterocycles. The summed E-state index contributed by atoms with van der Waals surface area (Å²) in [6, 6.07) is 0. The second kappa shape index (κ2) is 4.81. The molecule has 0 aliphatic rings. The van der Waals surface area contributed by atoms with Gasteiger partial charge in [-0.25, -0.2) is 10.1 Å². The van der Waals surface area contributed by atoms with E-state index in [-0.39, 0.29) is 12.3 Å². The van der Waals surface area contributed by atoms with E-state index in [0.29, 0.717) is 18.2 Å². The quantitative estimate of drug-likeness (QED) is 0.689. The van der Waals surface area contributed by atoms with E-state index >= 15 is 0 Å². The van der Waals surface area contributed by atoms with E-state index in [4.69, 9.17) is 5.73 Å². The van der Waals surface area contributed by atoms with Crippen LogP contribution in [-0.2, 0) is 17.8 Å². The van der Waals surface area contributed by atoms with Gasteiger partial charge in [0.05, 0.1) is 12.1 Å². The zero-order chi connectivity index (χ0) is 11.4. The Hall–Kier alpha value is -1.80. The Kier molecular flexibility index (Phi) is 3.22. The van der Waals surface area contributed by atoms with Crippen molar-refractivity contribution < 1.29 is 4.79 Å². The van der Waals surface area contributed by atoms with E-state index in [1.807, 2.05) is 5.38 Å². The summed E-state index contributed by atoms with van der Waals surface area (Å²) in [5.74, 6) is 0.143. The van der Waals surface area contributed by atoms with E-state index < -0.39 is 0 Å². The normalized spacial score (nSPS) is 10.3. The first kappa shape index (κ1) is 10.7. The van der Waals surface area contributed by atoms with Crippen LogP contribution in [0.3, 0.4) is 0 Å². The number of anilines is 1. The highest BCUT2D eigenvalue weighted by molar-refractivity contribution is 7.09. The SMILES string of the molecule is NCc1nc(CC(=O)Nc2ncn[nH]2)cs1. The molecule has 2 rings (SSSR count). The molecule has 0 aliphatic carbocycles. The van der Waals surface area contributed by atoms with Crippen LogP contribution in [0.15, 0.2) is 11.7 Å². The van der Waals surface area contributed by atoms with Crippen LogP contribution in [-0.4, -0.2) is 26.1 Å². The summed E-state index contributed by atoms with van der Waals surface area (Å²) in [5.41, 5.74) is 6.14. The number of hydrogen-bond donors (Lipinski definition) is 3. The lowest BCUT2D eigenvalue weighted by molar-refractivity contribution is -0.115. The molecule has 84 valence electrons. The molecule has 0 saturated heterocycles. The zero-order valence-corrected chi connectivity index (χ0v) is 9.12. The number of thiazole rings is 1. The first-order valence-corrected chi connectivity index (χ1v) is 5.44. The van der Waals surface area contributed by atoms with Crippen molar-refractivity contribution in [3.05, 3.63) is 22.4 Å². The molecule has 0 spiro atoms. The van der Waals surface area contributed by atoms with Crippen molar-refractivity contribution >= 4 is 23.2 Å². The molecule has 0 atom stereocenters. The summed E-state index contributed by atoms with van der Waals surface area (Å²) < 4.78 is 0. The van der Waals surface area contributed by atoms with Crippen LogP contribution in [0.25, 0.3) is 0 Å². The van der Waals surface area contributed by atoms with Crippen molar-refractivity contribution in [1.82, 2.24) is 20.2 Å². The van der Waals surface area contributed by atoms with Crippen LogP contribution in [0.2, 0.25) is 0 Å². The Morgan fingerprint density at radius 1 is 1.62 bits per heavy atom. The van der Waals surface area contributed by atoms with E-state index in [1.54, 1.807) is 0 Å². The lowest BCUT2D eigenvalue weighted by atomic mass is 10.3. The summed E-state index contributed by atoms with van der Waals surface area (Å²) in [7, 11) is 0. The maximum Gasteiger partial charge on any atom is 0.232 e. The number of nitrogens with zero attached hydrogens (tertiary/aromatic N) is 3. The van der Waals surface area contributed by atoms with Gasteiger partial charge in [-0.15, -0.1) is 11.3 Å². The summed E-state index contributed by atoms with van der Waals surface area (Å²) in [4.78, 5) is 19.5. The van der Waals surface area contributed by atoms with Gasteiger partial charge in [-0.3, -0.25) is 10.1 Å². The number of rotatable bonds is 4. The third-order valence-electron chi connectivity index (χ3n) is 1.79. The fourth-order valence-electron chi connectivity index (χ4n) is 1.13. The summed E-state index contributed by atoms with van der Waals surface area (Å²) >= 11 is 1.45. The Morgan fingerprint density at radius 2 is 2.50 bits per heavy atom. The van der Waals surface area contributed by atoms with Crippen LogP contribution < -0.4 is 11.1 Å². The minimum Gasteiger partial charge on any atom is -0.325 e. The molecule has 16 heavy (non-hydrogen) atoms. The number of amides is 1. The summed E-state index contributed by atoms with van der Waals surface area (Å²) in [6.45, 7) is 0.397. The Morgan fingerprint density at radius 3 is 3.12 bits per heavy atom. The van der Waals surface area contributed by atoms with E-state index in [0.717, 1.165) is 5.01 Å². The number of hydrogen-bond acceptors (Lipinski definition) is 6. The highest BCUT2D eigenvalue weighted by Crippen LogP contribution is 2.09. The van der Waals surface area contributed by atoms with Crippen molar-refractivity contribution in [2.45, 2.75) is 13.0 Å². The van der Waals surface area contributed by atoms with Gasteiger partial charge in [-0.05, 0) is 0 Å².